The first kappa shape index (κ1) is 12.6. The number of halogens is 2. The van der Waals surface area contributed by atoms with Gasteiger partial charge in [-0.25, -0.2) is 8.78 Å². The molecule has 0 aliphatic heterocycles. The zero-order chi connectivity index (χ0) is 12.1. The molecule has 0 fully saturated rings. The quantitative estimate of drug-likeness (QED) is 0.804. The molecule has 1 unspecified atom stereocenters. The maximum atomic E-state index is 13.2. The number of carbonyl (C=O) groups is 1. The third-order valence-corrected chi connectivity index (χ3v) is 2.17. The maximum Gasteiger partial charge on any atom is 0.305 e. The molecule has 0 aromatic heterocycles. The first-order chi connectivity index (χ1) is 7.54. The fourth-order valence-corrected chi connectivity index (χ4v) is 1.28. The van der Waals surface area contributed by atoms with E-state index in [2.05, 4.69) is 4.74 Å². The summed E-state index contributed by atoms with van der Waals surface area (Å²) in [7, 11) is 1.23. The summed E-state index contributed by atoms with van der Waals surface area (Å²) < 4.78 is 30.2. The van der Waals surface area contributed by atoms with Crippen LogP contribution in [0.4, 0.5) is 8.78 Å². The minimum Gasteiger partial charge on any atom is -0.469 e. The van der Waals surface area contributed by atoms with Crippen LogP contribution in [0.2, 0.25) is 0 Å². The fourth-order valence-electron chi connectivity index (χ4n) is 1.28. The van der Waals surface area contributed by atoms with E-state index >= 15 is 0 Å². The van der Waals surface area contributed by atoms with Crippen molar-refractivity contribution in [3.8, 4) is 0 Å². The van der Waals surface area contributed by atoms with Crippen LogP contribution in [0.15, 0.2) is 18.2 Å². The van der Waals surface area contributed by atoms with Crippen molar-refractivity contribution in [3.63, 3.8) is 0 Å². The van der Waals surface area contributed by atoms with Gasteiger partial charge in [-0.05, 0) is 12.5 Å². The second-order valence-electron chi connectivity index (χ2n) is 3.30. The van der Waals surface area contributed by atoms with Crippen LogP contribution in [0.5, 0.6) is 0 Å². The molecular weight excluding hydrogens is 218 g/mol. The van der Waals surface area contributed by atoms with Crippen LogP contribution in [0.25, 0.3) is 0 Å². The molecule has 0 heterocycles. The SMILES string of the molecule is COC(=O)CCC(O)c1ccc(F)cc1F. The Balaban J connectivity index is 2.65. The Morgan fingerprint density at radius 2 is 2.19 bits per heavy atom. The molecule has 0 spiro atoms. The largest absolute Gasteiger partial charge is 0.469 e. The Bertz CT molecular complexity index is 379. The minimum absolute atomic E-state index is 0.0194. The highest BCUT2D eigenvalue weighted by atomic mass is 19.1. The Kier molecular flexibility index (Phi) is 4.37. The number of hydrogen-bond acceptors (Lipinski definition) is 3. The van der Waals surface area contributed by atoms with Gasteiger partial charge in [0.1, 0.15) is 11.6 Å². The lowest BCUT2D eigenvalue weighted by Crippen LogP contribution is -2.06. The summed E-state index contributed by atoms with van der Waals surface area (Å²) in [6, 6.07) is 2.91. The monoisotopic (exact) mass is 230 g/mol. The van der Waals surface area contributed by atoms with Crippen LogP contribution in [0.3, 0.4) is 0 Å². The molecule has 0 bridgehead atoms. The molecule has 0 radical (unpaired) electrons. The number of rotatable bonds is 4. The summed E-state index contributed by atoms with van der Waals surface area (Å²) in [6.07, 6.45) is -1.12. The third-order valence-electron chi connectivity index (χ3n) is 2.17. The molecule has 5 heteroatoms. The summed E-state index contributed by atoms with van der Waals surface area (Å²) in [5.74, 6) is -2.01. The van der Waals surface area contributed by atoms with Gasteiger partial charge in [0.25, 0.3) is 0 Å². The molecule has 0 aliphatic carbocycles. The van der Waals surface area contributed by atoms with E-state index in [0.29, 0.717) is 6.07 Å². The van der Waals surface area contributed by atoms with Crippen molar-refractivity contribution >= 4 is 5.97 Å². The van der Waals surface area contributed by atoms with Crippen molar-refractivity contribution in [1.82, 2.24) is 0 Å². The number of esters is 1. The van der Waals surface area contributed by atoms with Gasteiger partial charge in [0.2, 0.25) is 0 Å². The fraction of sp³-hybridized carbons (Fsp3) is 0.364. The minimum atomic E-state index is -1.14. The van der Waals surface area contributed by atoms with Gasteiger partial charge in [-0.3, -0.25) is 4.79 Å². The van der Waals surface area contributed by atoms with Gasteiger partial charge in [-0.2, -0.15) is 0 Å². The van der Waals surface area contributed by atoms with Gasteiger partial charge >= 0.3 is 5.97 Å². The molecule has 1 N–H and O–H groups in total. The van der Waals surface area contributed by atoms with E-state index < -0.39 is 23.7 Å². The molecule has 1 rings (SSSR count). The van der Waals surface area contributed by atoms with Gasteiger partial charge in [0.05, 0.1) is 13.2 Å². The highest BCUT2D eigenvalue weighted by Crippen LogP contribution is 2.22. The number of aliphatic hydroxyl groups is 1. The van der Waals surface area contributed by atoms with Gasteiger partial charge in [0.15, 0.2) is 0 Å². The van der Waals surface area contributed by atoms with Crippen LogP contribution in [0.1, 0.15) is 24.5 Å². The van der Waals surface area contributed by atoms with E-state index in [9.17, 15) is 18.7 Å². The Labute approximate surface area is 91.7 Å². The van der Waals surface area contributed by atoms with E-state index in [1.54, 1.807) is 0 Å². The Morgan fingerprint density at radius 1 is 1.50 bits per heavy atom. The third kappa shape index (κ3) is 3.27. The Hall–Kier alpha value is -1.49. The number of aliphatic hydroxyl groups excluding tert-OH is 1. The second-order valence-corrected chi connectivity index (χ2v) is 3.30. The van der Waals surface area contributed by atoms with E-state index in [4.69, 9.17) is 0 Å². The molecule has 1 aromatic rings. The van der Waals surface area contributed by atoms with Crippen molar-refractivity contribution in [2.45, 2.75) is 18.9 Å². The van der Waals surface area contributed by atoms with E-state index in [0.717, 1.165) is 12.1 Å². The van der Waals surface area contributed by atoms with Crippen molar-refractivity contribution in [2.75, 3.05) is 7.11 Å². The standard InChI is InChI=1S/C11H12F2O3/c1-16-11(15)5-4-10(14)8-3-2-7(12)6-9(8)13/h2-3,6,10,14H,4-5H2,1H3. The molecule has 1 atom stereocenters. The molecule has 0 aliphatic rings. The Morgan fingerprint density at radius 3 is 2.75 bits per heavy atom. The summed E-state index contributed by atoms with van der Waals surface area (Å²) in [6.45, 7) is 0. The highest BCUT2D eigenvalue weighted by molar-refractivity contribution is 5.69. The van der Waals surface area contributed by atoms with Gasteiger partial charge in [-0.15, -0.1) is 0 Å². The number of hydrogen-bond donors (Lipinski definition) is 1. The van der Waals surface area contributed by atoms with Crippen LogP contribution in [-0.2, 0) is 9.53 Å². The topological polar surface area (TPSA) is 46.5 Å². The lowest BCUT2D eigenvalue weighted by Gasteiger charge is -2.10. The number of ether oxygens (including phenoxy) is 1. The average molecular weight is 230 g/mol. The van der Waals surface area contributed by atoms with E-state index in [-0.39, 0.29) is 18.4 Å². The summed E-state index contributed by atoms with van der Waals surface area (Å²) in [4.78, 5) is 10.8. The predicted molar refractivity (Wildman–Crippen MR) is 52.6 cm³/mol. The maximum absolute atomic E-state index is 13.2. The second kappa shape index (κ2) is 5.55. The summed E-state index contributed by atoms with van der Waals surface area (Å²) in [5, 5.41) is 9.57. The van der Waals surface area contributed by atoms with E-state index in [1.807, 2.05) is 0 Å². The lowest BCUT2D eigenvalue weighted by atomic mass is 10.0. The van der Waals surface area contributed by atoms with Crippen LogP contribution < -0.4 is 0 Å². The number of benzene rings is 1. The first-order valence-electron chi connectivity index (χ1n) is 4.74. The average Bonchev–Trinajstić information content (AvgIpc) is 2.25. The summed E-state index contributed by atoms with van der Waals surface area (Å²) in [5.41, 5.74) is -0.0229. The van der Waals surface area contributed by atoms with Crippen LogP contribution >= 0.6 is 0 Å². The molecule has 0 saturated heterocycles. The first-order valence-corrected chi connectivity index (χ1v) is 4.74. The molecule has 88 valence electrons. The van der Waals surface area contributed by atoms with Crippen molar-refractivity contribution in [2.24, 2.45) is 0 Å². The smallest absolute Gasteiger partial charge is 0.305 e. The number of carbonyl (C=O) groups excluding carboxylic acids is 1. The van der Waals surface area contributed by atoms with Gasteiger partial charge < -0.3 is 9.84 Å². The molecule has 1 aromatic carbocycles. The normalized spacial score (nSPS) is 12.2. The molecular formula is C11H12F2O3. The molecule has 3 nitrogen and oxygen atoms in total. The molecule has 0 saturated carbocycles. The van der Waals surface area contributed by atoms with E-state index in [1.165, 1.54) is 7.11 Å². The summed E-state index contributed by atoms with van der Waals surface area (Å²) >= 11 is 0. The molecule has 0 amide bonds. The number of methoxy groups -OCH3 is 1. The zero-order valence-corrected chi connectivity index (χ0v) is 8.74. The lowest BCUT2D eigenvalue weighted by molar-refractivity contribution is -0.141. The van der Waals surface area contributed by atoms with Crippen LogP contribution in [0, 0.1) is 11.6 Å². The van der Waals surface area contributed by atoms with Crippen molar-refractivity contribution in [1.29, 1.82) is 0 Å². The highest BCUT2D eigenvalue weighted by Gasteiger charge is 2.15. The zero-order valence-electron chi connectivity index (χ0n) is 8.74. The van der Waals surface area contributed by atoms with Gasteiger partial charge in [0, 0.05) is 18.1 Å². The predicted octanol–water partition coefficient (Wildman–Crippen LogP) is 1.95. The molecule has 16 heavy (non-hydrogen) atoms. The van der Waals surface area contributed by atoms with Crippen LogP contribution in [-0.4, -0.2) is 18.2 Å². The van der Waals surface area contributed by atoms with Gasteiger partial charge in [-0.1, -0.05) is 6.07 Å². The van der Waals surface area contributed by atoms with Crippen molar-refractivity contribution < 1.29 is 23.4 Å². The van der Waals surface area contributed by atoms with Crippen molar-refractivity contribution in [3.05, 3.63) is 35.4 Å².